The minimum absolute atomic E-state index is 0. The van der Waals surface area contributed by atoms with Crippen LogP contribution in [0.5, 0.6) is 0 Å². The van der Waals surface area contributed by atoms with Gasteiger partial charge in [0, 0.05) is 25.6 Å². The first-order valence-corrected chi connectivity index (χ1v) is 5.09. The zero-order valence-corrected chi connectivity index (χ0v) is 10.6. The maximum atomic E-state index is 5.44. The van der Waals surface area contributed by atoms with Gasteiger partial charge in [-0.3, -0.25) is 5.10 Å². The van der Waals surface area contributed by atoms with Gasteiger partial charge in [0.05, 0.1) is 0 Å². The van der Waals surface area contributed by atoms with E-state index in [4.69, 9.17) is 10.5 Å². The first kappa shape index (κ1) is 15.6. The highest BCUT2D eigenvalue weighted by molar-refractivity contribution is 5.85. The number of hydrogen-bond acceptors (Lipinski definition) is 4. The van der Waals surface area contributed by atoms with Crippen molar-refractivity contribution in [1.29, 1.82) is 0 Å². The molecule has 1 aliphatic rings. The Morgan fingerprint density at radius 3 is 2.62 bits per heavy atom. The van der Waals surface area contributed by atoms with Gasteiger partial charge in [-0.05, 0) is 19.4 Å². The Hall–Kier alpha value is -0.360. The van der Waals surface area contributed by atoms with Crippen LogP contribution in [-0.2, 0) is 11.2 Å². The molecule has 2 heterocycles. The van der Waals surface area contributed by atoms with E-state index in [9.17, 15) is 0 Å². The van der Waals surface area contributed by atoms with Crippen molar-refractivity contribution in [3.05, 3.63) is 11.6 Å². The molecule has 5 nitrogen and oxygen atoms in total. The van der Waals surface area contributed by atoms with Gasteiger partial charge in [-0.15, -0.1) is 24.8 Å². The SMILES string of the molecule is Cl.Cl.NCCc1nc(C2CCOCC2)n[nH]1. The highest BCUT2D eigenvalue weighted by Gasteiger charge is 2.19. The second-order valence-corrected chi connectivity index (χ2v) is 3.57. The van der Waals surface area contributed by atoms with Crippen molar-refractivity contribution in [1.82, 2.24) is 15.2 Å². The number of H-pyrrole nitrogens is 1. The molecule has 0 amide bonds. The van der Waals surface area contributed by atoms with Crippen LogP contribution in [0.15, 0.2) is 0 Å². The van der Waals surface area contributed by atoms with Crippen LogP contribution >= 0.6 is 24.8 Å². The second kappa shape index (κ2) is 7.84. The lowest BCUT2D eigenvalue weighted by Crippen LogP contribution is -2.15. The van der Waals surface area contributed by atoms with Gasteiger partial charge in [0.25, 0.3) is 0 Å². The van der Waals surface area contributed by atoms with Gasteiger partial charge >= 0.3 is 0 Å². The largest absolute Gasteiger partial charge is 0.381 e. The zero-order chi connectivity index (χ0) is 9.80. The lowest BCUT2D eigenvalue weighted by atomic mass is 10.00. The number of halogens is 2. The van der Waals surface area contributed by atoms with E-state index >= 15 is 0 Å². The number of ether oxygens (including phenoxy) is 1. The van der Waals surface area contributed by atoms with Gasteiger partial charge in [-0.2, -0.15) is 5.10 Å². The van der Waals surface area contributed by atoms with Gasteiger partial charge in [0.15, 0.2) is 5.82 Å². The molecule has 0 radical (unpaired) electrons. The van der Waals surface area contributed by atoms with Crippen molar-refractivity contribution >= 4 is 24.8 Å². The number of hydrogen-bond donors (Lipinski definition) is 2. The number of nitrogens with one attached hydrogen (secondary N) is 1. The second-order valence-electron chi connectivity index (χ2n) is 3.57. The quantitative estimate of drug-likeness (QED) is 0.859. The highest BCUT2D eigenvalue weighted by Crippen LogP contribution is 2.23. The maximum Gasteiger partial charge on any atom is 0.153 e. The molecule has 0 aromatic carbocycles. The Morgan fingerprint density at radius 2 is 2.00 bits per heavy atom. The molecule has 0 spiro atoms. The third kappa shape index (κ3) is 3.90. The van der Waals surface area contributed by atoms with Crippen LogP contribution in [-0.4, -0.2) is 34.9 Å². The Kier molecular flexibility index (Phi) is 7.66. The van der Waals surface area contributed by atoms with E-state index in [1.807, 2.05) is 0 Å². The molecule has 0 aliphatic carbocycles. The summed E-state index contributed by atoms with van der Waals surface area (Å²) in [6, 6.07) is 0. The first-order valence-electron chi connectivity index (χ1n) is 5.09. The molecule has 0 bridgehead atoms. The molecule has 0 unspecified atom stereocenters. The van der Waals surface area contributed by atoms with E-state index < -0.39 is 0 Å². The third-order valence-corrected chi connectivity index (χ3v) is 2.52. The summed E-state index contributed by atoms with van der Waals surface area (Å²) in [7, 11) is 0. The average molecular weight is 269 g/mol. The van der Waals surface area contributed by atoms with Crippen LogP contribution in [0.3, 0.4) is 0 Å². The predicted molar refractivity (Wildman–Crippen MR) is 66.4 cm³/mol. The van der Waals surface area contributed by atoms with E-state index in [1.54, 1.807) is 0 Å². The predicted octanol–water partition coefficient (Wildman–Crippen LogP) is 1.04. The van der Waals surface area contributed by atoms with Crippen molar-refractivity contribution in [2.24, 2.45) is 5.73 Å². The smallest absolute Gasteiger partial charge is 0.153 e. The van der Waals surface area contributed by atoms with E-state index in [0.717, 1.165) is 44.1 Å². The normalized spacial score (nSPS) is 16.3. The molecule has 1 saturated heterocycles. The van der Waals surface area contributed by atoms with Gasteiger partial charge in [-0.25, -0.2) is 4.98 Å². The van der Waals surface area contributed by atoms with Crippen molar-refractivity contribution < 1.29 is 4.74 Å². The summed E-state index contributed by atoms with van der Waals surface area (Å²) < 4.78 is 5.29. The summed E-state index contributed by atoms with van der Waals surface area (Å²) in [5.74, 6) is 2.29. The topological polar surface area (TPSA) is 76.8 Å². The molecule has 0 saturated carbocycles. The monoisotopic (exact) mass is 268 g/mol. The fraction of sp³-hybridized carbons (Fsp3) is 0.778. The number of nitrogens with zero attached hydrogens (tertiary/aromatic N) is 2. The Morgan fingerprint density at radius 1 is 1.31 bits per heavy atom. The van der Waals surface area contributed by atoms with Crippen LogP contribution < -0.4 is 5.73 Å². The van der Waals surface area contributed by atoms with Crippen LogP contribution in [0.25, 0.3) is 0 Å². The summed E-state index contributed by atoms with van der Waals surface area (Å²) in [6.07, 6.45) is 2.83. The van der Waals surface area contributed by atoms with Crippen LogP contribution in [0, 0.1) is 0 Å². The number of aromatic nitrogens is 3. The summed E-state index contributed by atoms with van der Waals surface area (Å²) in [5.41, 5.74) is 5.44. The maximum absolute atomic E-state index is 5.44. The summed E-state index contributed by atoms with van der Waals surface area (Å²) >= 11 is 0. The third-order valence-electron chi connectivity index (χ3n) is 2.52. The lowest BCUT2D eigenvalue weighted by molar-refractivity contribution is 0.0836. The number of rotatable bonds is 3. The van der Waals surface area contributed by atoms with E-state index in [1.165, 1.54) is 0 Å². The standard InChI is InChI=1S/C9H16N4O.2ClH/c10-4-1-8-11-9(13-12-8)7-2-5-14-6-3-7;;/h7H,1-6,10H2,(H,11,12,13);2*1H. The highest BCUT2D eigenvalue weighted by atomic mass is 35.5. The molecule has 1 fully saturated rings. The van der Waals surface area contributed by atoms with Gasteiger partial charge < -0.3 is 10.5 Å². The van der Waals surface area contributed by atoms with E-state index in [0.29, 0.717) is 12.5 Å². The Balaban J connectivity index is 0.00000112. The van der Waals surface area contributed by atoms with Crippen molar-refractivity contribution in [3.8, 4) is 0 Å². The first-order chi connectivity index (χ1) is 6.90. The molecule has 3 N–H and O–H groups in total. The van der Waals surface area contributed by atoms with Gasteiger partial charge in [-0.1, -0.05) is 0 Å². The molecule has 1 aromatic rings. The molecule has 1 aliphatic heterocycles. The van der Waals surface area contributed by atoms with Crippen molar-refractivity contribution in [2.75, 3.05) is 19.8 Å². The van der Waals surface area contributed by atoms with Crippen LogP contribution in [0.1, 0.15) is 30.4 Å². The number of nitrogens with two attached hydrogens (primary N) is 1. The molecule has 7 heteroatoms. The average Bonchev–Trinajstić information content (AvgIpc) is 2.68. The minimum atomic E-state index is 0. The van der Waals surface area contributed by atoms with Crippen LogP contribution in [0.2, 0.25) is 0 Å². The number of aromatic amines is 1. The van der Waals surface area contributed by atoms with E-state index in [-0.39, 0.29) is 24.8 Å². The molecule has 16 heavy (non-hydrogen) atoms. The molecular formula is C9H18Cl2N4O. The Bertz CT molecular complexity index is 289. The summed E-state index contributed by atoms with van der Waals surface area (Å²) in [6.45, 7) is 2.26. The minimum Gasteiger partial charge on any atom is -0.381 e. The van der Waals surface area contributed by atoms with Gasteiger partial charge in [0.1, 0.15) is 5.82 Å². The zero-order valence-electron chi connectivity index (χ0n) is 9.02. The molecular weight excluding hydrogens is 251 g/mol. The van der Waals surface area contributed by atoms with Gasteiger partial charge in [0.2, 0.25) is 0 Å². The van der Waals surface area contributed by atoms with Crippen molar-refractivity contribution in [3.63, 3.8) is 0 Å². The summed E-state index contributed by atoms with van der Waals surface area (Å²) in [5, 5.41) is 7.13. The molecule has 0 atom stereocenters. The lowest BCUT2D eigenvalue weighted by Gasteiger charge is -2.18. The van der Waals surface area contributed by atoms with Crippen LogP contribution in [0.4, 0.5) is 0 Å². The molecule has 94 valence electrons. The fourth-order valence-electron chi connectivity index (χ4n) is 1.70. The molecule has 2 rings (SSSR count). The van der Waals surface area contributed by atoms with E-state index in [2.05, 4.69) is 15.2 Å². The van der Waals surface area contributed by atoms with Crippen molar-refractivity contribution in [2.45, 2.75) is 25.2 Å². The summed E-state index contributed by atoms with van der Waals surface area (Å²) in [4.78, 5) is 4.42. The molecule has 1 aromatic heterocycles. The Labute approximate surface area is 107 Å². The fourth-order valence-corrected chi connectivity index (χ4v) is 1.70.